The normalized spacial score (nSPS) is 17.7. The minimum Gasteiger partial charge on any atom is -0.447 e. The lowest BCUT2D eigenvalue weighted by Crippen LogP contribution is -2.32. The standard InChI is InChI=1S/C26H22N4O3/c31-25(14-17-8-5-7-16-6-1-2-9-20(16)17)28-24-15-22(29-30-24)18-12-19(13-18)32-26-27-21-10-3-4-11-23(21)33-26/h1-11,15,18-19H,12-14H2,(H2,28,29,30,31)/t18-,19+. The lowest BCUT2D eigenvalue weighted by molar-refractivity contribution is -0.115. The molecule has 5 aromatic rings. The molecule has 0 bridgehead atoms. The Morgan fingerprint density at radius 3 is 2.79 bits per heavy atom. The second-order valence-corrected chi connectivity index (χ2v) is 8.43. The Hall–Kier alpha value is -4.13. The van der Waals surface area contributed by atoms with Crippen molar-refractivity contribution in [2.24, 2.45) is 0 Å². The van der Waals surface area contributed by atoms with E-state index in [4.69, 9.17) is 9.15 Å². The summed E-state index contributed by atoms with van der Waals surface area (Å²) in [6, 6.07) is 23.6. The van der Waals surface area contributed by atoms with Crippen molar-refractivity contribution in [2.45, 2.75) is 31.3 Å². The van der Waals surface area contributed by atoms with Gasteiger partial charge < -0.3 is 14.5 Å². The fourth-order valence-corrected chi connectivity index (χ4v) is 4.38. The fourth-order valence-electron chi connectivity index (χ4n) is 4.38. The summed E-state index contributed by atoms with van der Waals surface area (Å²) in [5.41, 5.74) is 3.51. The molecule has 0 saturated heterocycles. The van der Waals surface area contributed by atoms with Gasteiger partial charge >= 0.3 is 6.08 Å². The molecule has 0 atom stereocenters. The van der Waals surface area contributed by atoms with Crippen LogP contribution in [0.5, 0.6) is 6.08 Å². The van der Waals surface area contributed by atoms with Gasteiger partial charge in [0, 0.05) is 17.7 Å². The zero-order valence-corrected chi connectivity index (χ0v) is 17.8. The summed E-state index contributed by atoms with van der Waals surface area (Å²) < 4.78 is 11.5. The average Bonchev–Trinajstić information content (AvgIpc) is 3.42. The molecule has 3 aromatic carbocycles. The Labute approximate surface area is 189 Å². The Morgan fingerprint density at radius 2 is 1.88 bits per heavy atom. The van der Waals surface area contributed by atoms with E-state index in [0.29, 0.717) is 24.2 Å². The number of carbonyl (C=O) groups excluding carboxylic acids is 1. The molecule has 0 spiro atoms. The van der Waals surface area contributed by atoms with Gasteiger partial charge in [-0.2, -0.15) is 10.1 Å². The Bertz CT molecular complexity index is 1410. The van der Waals surface area contributed by atoms with E-state index in [0.717, 1.165) is 46.0 Å². The van der Waals surface area contributed by atoms with Crippen LogP contribution in [0.25, 0.3) is 21.9 Å². The van der Waals surface area contributed by atoms with Crippen molar-refractivity contribution in [3.8, 4) is 6.08 Å². The molecule has 0 aliphatic heterocycles. The first-order chi connectivity index (χ1) is 16.2. The molecular weight excluding hydrogens is 416 g/mol. The Balaban J connectivity index is 1.05. The highest BCUT2D eigenvalue weighted by Gasteiger charge is 2.34. The molecule has 0 unspecified atom stereocenters. The van der Waals surface area contributed by atoms with Crippen LogP contribution in [0.4, 0.5) is 5.82 Å². The SMILES string of the molecule is O=C(Cc1cccc2ccccc12)Nc1cc([C@H]2C[C@@H](Oc3nc4ccccc4o3)C2)[nH]n1. The summed E-state index contributed by atoms with van der Waals surface area (Å²) >= 11 is 0. The number of fused-ring (bicyclic) bond motifs is 2. The van der Waals surface area contributed by atoms with Gasteiger partial charge in [-0.15, -0.1) is 0 Å². The number of anilines is 1. The highest BCUT2D eigenvalue weighted by molar-refractivity contribution is 5.95. The van der Waals surface area contributed by atoms with Gasteiger partial charge in [0.2, 0.25) is 5.91 Å². The van der Waals surface area contributed by atoms with Crippen molar-refractivity contribution in [2.75, 3.05) is 5.32 Å². The summed E-state index contributed by atoms with van der Waals surface area (Å²) in [4.78, 5) is 17.0. The van der Waals surface area contributed by atoms with Gasteiger partial charge in [0.05, 0.1) is 6.42 Å². The number of benzene rings is 3. The molecule has 2 heterocycles. The van der Waals surface area contributed by atoms with Gasteiger partial charge in [-0.25, -0.2) is 0 Å². The van der Waals surface area contributed by atoms with Gasteiger partial charge in [0.1, 0.15) is 11.6 Å². The molecule has 1 aliphatic carbocycles. The zero-order valence-electron chi connectivity index (χ0n) is 17.8. The lowest BCUT2D eigenvalue weighted by Gasteiger charge is -2.33. The number of oxazole rings is 1. The van der Waals surface area contributed by atoms with Crippen molar-refractivity contribution in [3.05, 3.63) is 84.1 Å². The topological polar surface area (TPSA) is 93.0 Å². The quantitative estimate of drug-likeness (QED) is 0.380. The number of ether oxygens (including phenoxy) is 1. The summed E-state index contributed by atoms with van der Waals surface area (Å²) in [6.45, 7) is 0. The first kappa shape index (κ1) is 19.5. The van der Waals surface area contributed by atoms with Crippen LogP contribution in [0.3, 0.4) is 0 Å². The molecule has 33 heavy (non-hydrogen) atoms. The molecule has 1 aliphatic rings. The monoisotopic (exact) mass is 438 g/mol. The molecule has 7 nitrogen and oxygen atoms in total. The summed E-state index contributed by atoms with van der Waals surface area (Å²) in [7, 11) is 0. The number of amides is 1. The minimum atomic E-state index is -0.0878. The van der Waals surface area contributed by atoms with Crippen molar-refractivity contribution >= 4 is 33.6 Å². The molecular formula is C26H22N4O3. The molecule has 1 amide bonds. The molecule has 7 heteroatoms. The number of H-pyrrole nitrogens is 1. The number of aromatic nitrogens is 3. The molecule has 2 N–H and O–H groups in total. The van der Waals surface area contributed by atoms with E-state index in [1.165, 1.54) is 0 Å². The molecule has 164 valence electrons. The molecule has 6 rings (SSSR count). The van der Waals surface area contributed by atoms with Crippen molar-refractivity contribution in [1.82, 2.24) is 15.2 Å². The van der Waals surface area contributed by atoms with Gasteiger partial charge in [0.25, 0.3) is 0 Å². The van der Waals surface area contributed by atoms with Gasteiger partial charge in [-0.05, 0) is 41.3 Å². The second-order valence-electron chi connectivity index (χ2n) is 8.43. The van der Waals surface area contributed by atoms with Gasteiger partial charge in [-0.3, -0.25) is 9.89 Å². The number of aromatic amines is 1. The van der Waals surface area contributed by atoms with E-state index >= 15 is 0 Å². The highest BCUT2D eigenvalue weighted by Crippen LogP contribution is 2.39. The number of carbonyl (C=O) groups is 1. The number of hydrogen-bond donors (Lipinski definition) is 2. The molecule has 2 aromatic heterocycles. The van der Waals surface area contributed by atoms with Crippen molar-refractivity contribution in [3.63, 3.8) is 0 Å². The van der Waals surface area contributed by atoms with Gasteiger partial charge in [-0.1, -0.05) is 54.6 Å². The molecule has 1 fully saturated rings. The van der Waals surface area contributed by atoms with Crippen LogP contribution in [-0.2, 0) is 11.2 Å². The Morgan fingerprint density at radius 1 is 1.06 bits per heavy atom. The van der Waals surface area contributed by atoms with Crippen LogP contribution in [-0.4, -0.2) is 27.2 Å². The van der Waals surface area contributed by atoms with Crippen molar-refractivity contribution < 1.29 is 13.9 Å². The Kier molecular flexibility index (Phi) is 4.79. The smallest absolute Gasteiger partial charge is 0.394 e. The number of nitrogens with one attached hydrogen (secondary N) is 2. The summed E-state index contributed by atoms with van der Waals surface area (Å²) in [6.07, 6.45) is 2.34. The van der Waals surface area contributed by atoms with Crippen molar-refractivity contribution in [1.29, 1.82) is 0 Å². The van der Waals surface area contributed by atoms with Crippen LogP contribution < -0.4 is 10.1 Å². The summed E-state index contributed by atoms with van der Waals surface area (Å²) in [5, 5.41) is 12.5. The van der Waals surface area contributed by atoms with Gasteiger partial charge in [0.15, 0.2) is 11.4 Å². The van der Waals surface area contributed by atoms with Crippen LogP contribution in [0.15, 0.2) is 77.2 Å². The molecule has 0 radical (unpaired) electrons. The third-order valence-corrected chi connectivity index (χ3v) is 6.17. The highest BCUT2D eigenvalue weighted by atomic mass is 16.6. The maximum Gasteiger partial charge on any atom is 0.394 e. The average molecular weight is 438 g/mol. The first-order valence-corrected chi connectivity index (χ1v) is 11.1. The third kappa shape index (κ3) is 3.93. The minimum absolute atomic E-state index is 0.0516. The third-order valence-electron chi connectivity index (χ3n) is 6.17. The van der Waals surface area contributed by atoms with E-state index in [2.05, 4.69) is 32.6 Å². The predicted octanol–water partition coefficient (Wildman–Crippen LogP) is 5.21. The van der Waals surface area contributed by atoms with E-state index < -0.39 is 0 Å². The van der Waals surface area contributed by atoms with E-state index in [-0.39, 0.29) is 12.0 Å². The number of rotatable bonds is 6. The lowest BCUT2D eigenvalue weighted by atomic mass is 9.80. The maximum absolute atomic E-state index is 12.6. The number of para-hydroxylation sites is 2. The largest absolute Gasteiger partial charge is 0.447 e. The van der Waals surface area contributed by atoms with Crippen LogP contribution >= 0.6 is 0 Å². The van der Waals surface area contributed by atoms with E-state index in [1.54, 1.807) is 0 Å². The second kappa shape index (κ2) is 8.09. The predicted molar refractivity (Wildman–Crippen MR) is 125 cm³/mol. The van der Waals surface area contributed by atoms with Crippen LogP contribution in [0.1, 0.15) is 30.0 Å². The molecule has 1 saturated carbocycles. The van der Waals surface area contributed by atoms with Crippen LogP contribution in [0, 0.1) is 0 Å². The number of nitrogens with zero attached hydrogens (tertiary/aromatic N) is 2. The van der Waals surface area contributed by atoms with E-state index in [1.807, 2.05) is 60.7 Å². The fraction of sp³-hybridized carbons (Fsp3) is 0.192. The van der Waals surface area contributed by atoms with Crippen LogP contribution in [0.2, 0.25) is 0 Å². The number of hydrogen-bond acceptors (Lipinski definition) is 5. The maximum atomic E-state index is 12.6. The van der Waals surface area contributed by atoms with E-state index in [9.17, 15) is 4.79 Å². The summed E-state index contributed by atoms with van der Waals surface area (Å²) in [5.74, 6) is 0.754. The zero-order chi connectivity index (χ0) is 22.2. The first-order valence-electron chi connectivity index (χ1n) is 11.1.